The molecule has 1 saturated carbocycles. The third-order valence-corrected chi connectivity index (χ3v) is 5.15. The number of piperidine rings is 1. The summed E-state index contributed by atoms with van der Waals surface area (Å²) in [5.41, 5.74) is 0. The van der Waals surface area contributed by atoms with E-state index in [1.165, 1.54) is 6.42 Å². The number of nitrogens with one attached hydrogen (secondary N) is 1. The van der Waals surface area contributed by atoms with E-state index in [1.54, 1.807) is 4.90 Å². The lowest BCUT2D eigenvalue weighted by molar-refractivity contribution is -0.142. The maximum Gasteiger partial charge on any atom is 0.243 e. The highest BCUT2D eigenvalue weighted by Gasteiger charge is 2.33. The number of amides is 2. The number of likely N-dealkylation sites (tertiary alicyclic amines) is 1. The molecular weight excluding hydrogens is 280 g/mol. The van der Waals surface area contributed by atoms with Crippen LogP contribution < -0.4 is 5.32 Å². The van der Waals surface area contributed by atoms with Crippen LogP contribution in [0.2, 0.25) is 0 Å². The number of hydrogen-bond donors (Lipinski definition) is 2. The zero-order valence-corrected chi connectivity index (χ0v) is 13.7. The summed E-state index contributed by atoms with van der Waals surface area (Å²) >= 11 is 0. The van der Waals surface area contributed by atoms with Gasteiger partial charge in [0.1, 0.15) is 6.04 Å². The van der Waals surface area contributed by atoms with E-state index in [2.05, 4.69) is 5.32 Å². The number of aliphatic hydroxyl groups is 1. The quantitative estimate of drug-likeness (QED) is 0.778. The van der Waals surface area contributed by atoms with E-state index in [-0.39, 0.29) is 36.4 Å². The molecule has 5 nitrogen and oxygen atoms in total. The Kier molecular flexibility index (Phi) is 6.68. The first-order chi connectivity index (χ1) is 10.7. The van der Waals surface area contributed by atoms with Crippen LogP contribution in [-0.4, -0.2) is 47.1 Å². The van der Waals surface area contributed by atoms with Crippen molar-refractivity contribution in [3.05, 3.63) is 0 Å². The van der Waals surface area contributed by atoms with Crippen LogP contribution in [-0.2, 0) is 9.59 Å². The van der Waals surface area contributed by atoms with Gasteiger partial charge in [-0.3, -0.25) is 9.59 Å². The fourth-order valence-electron chi connectivity index (χ4n) is 3.78. The molecule has 1 aliphatic heterocycles. The third kappa shape index (κ3) is 4.22. The molecule has 1 saturated heterocycles. The van der Waals surface area contributed by atoms with E-state index in [0.29, 0.717) is 13.0 Å². The summed E-state index contributed by atoms with van der Waals surface area (Å²) in [6, 6.07) is -0.260. The Bertz CT molecular complexity index is 386. The van der Waals surface area contributed by atoms with Crippen molar-refractivity contribution in [2.45, 2.75) is 76.8 Å². The van der Waals surface area contributed by atoms with Crippen LogP contribution in [0.15, 0.2) is 0 Å². The Morgan fingerprint density at radius 2 is 1.82 bits per heavy atom. The van der Waals surface area contributed by atoms with Crippen LogP contribution >= 0.6 is 0 Å². The van der Waals surface area contributed by atoms with Gasteiger partial charge in [0.25, 0.3) is 0 Å². The normalized spacial score (nSPS) is 29.7. The van der Waals surface area contributed by atoms with Gasteiger partial charge in [-0.15, -0.1) is 0 Å². The number of carbonyl (C=O) groups is 2. The first-order valence-corrected chi connectivity index (χ1v) is 8.88. The predicted octanol–water partition coefficient (Wildman–Crippen LogP) is 1.83. The van der Waals surface area contributed by atoms with Crippen molar-refractivity contribution in [1.82, 2.24) is 10.2 Å². The zero-order chi connectivity index (χ0) is 15.9. The summed E-state index contributed by atoms with van der Waals surface area (Å²) in [7, 11) is 0. The second kappa shape index (κ2) is 8.51. The molecule has 1 heterocycles. The highest BCUT2D eigenvalue weighted by molar-refractivity contribution is 5.88. The predicted molar refractivity (Wildman–Crippen MR) is 85.2 cm³/mol. The van der Waals surface area contributed by atoms with Gasteiger partial charge < -0.3 is 15.3 Å². The average molecular weight is 310 g/mol. The molecule has 5 heteroatoms. The largest absolute Gasteiger partial charge is 0.396 e. The SMILES string of the molecule is CCC(=O)N1CCCCC1C(=O)NC1CCCCCC1CO. The highest BCUT2D eigenvalue weighted by Crippen LogP contribution is 2.24. The molecule has 3 unspecified atom stereocenters. The van der Waals surface area contributed by atoms with Gasteiger partial charge in [-0.2, -0.15) is 0 Å². The Morgan fingerprint density at radius 1 is 1.09 bits per heavy atom. The molecule has 0 aromatic rings. The topological polar surface area (TPSA) is 69.6 Å². The number of nitrogens with zero attached hydrogens (tertiary/aromatic N) is 1. The summed E-state index contributed by atoms with van der Waals surface area (Å²) in [5, 5.41) is 12.7. The lowest BCUT2D eigenvalue weighted by Gasteiger charge is -2.36. The summed E-state index contributed by atoms with van der Waals surface area (Å²) in [6.45, 7) is 2.67. The minimum Gasteiger partial charge on any atom is -0.396 e. The molecule has 2 rings (SSSR count). The minimum absolute atomic E-state index is 0.0214. The molecule has 1 aliphatic carbocycles. The second-order valence-electron chi connectivity index (χ2n) is 6.65. The summed E-state index contributed by atoms with van der Waals surface area (Å²) in [4.78, 5) is 26.5. The monoisotopic (exact) mass is 310 g/mol. The van der Waals surface area contributed by atoms with Crippen LogP contribution in [0, 0.1) is 5.92 Å². The van der Waals surface area contributed by atoms with E-state index in [1.807, 2.05) is 6.92 Å². The van der Waals surface area contributed by atoms with Crippen LogP contribution in [0.3, 0.4) is 0 Å². The lowest BCUT2D eigenvalue weighted by Crippen LogP contribution is -2.54. The smallest absolute Gasteiger partial charge is 0.243 e. The molecular formula is C17H30N2O3. The van der Waals surface area contributed by atoms with Gasteiger partial charge in [-0.05, 0) is 32.1 Å². The van der Waals surface area contributed by atoms with Gasteiger partial charge in [0.2, 0.25) is 11.8 Å². The molecule has 2 aliphatic rings. The highest BCUT2D eigenvalue weighted by atomic mass is 16.3. The van der Waals surface area contributed by atoms with Crippen molar-refractivity contribution >= 4 is 11.8 Å². The molecule has 0 bridgehead atoms. The van der Waals surface area contributed by atoms with Gasteiger partial charge in [0.05, 0.1) is 0 Å². The van der Waals surface area contributed by atoms with Crippen molar-refractivity contribution in [2.24, 2.45) is 5.92 Å². The van der Waals surface area contributed by atoms with Crippen LogP contribution in [0.5, 0.6) is 0 Å². The molecule has 2 amide bonds. The molecule has 0 aromatic carbocycles. The molecule has 0 aromatic heterocycles. The molecule has 126 valence electrons. The number of rotatable bonds is 4. The maximum atomic E-state index is 12.7. The van der Waals surface area contributed by atoms with Crippen molar-refractivity contribution in [3.8, 4) is 0 Å². The Morgan fingerprint density at radius 3 is 2.55 bits per heavy atom. The standard InChI is InChI=1S/C17H30N2O3/c1-2-16(21)19-11-7-6-10-15(19)17(22)18-14-9-5-3-4-8-13(14)12-20/h13-15,20H,2-12H2,1H3,(H,18,22). The van der Waals surface area contributed by atoms with E-state index >= 15 is 0 Å². The van der Waals surface area contributed by atoms with Crippen molar-refractivity contribution in [2.75, 3.05) is 13.2 Å². The van der Waals surface area contributed by atoms with Crippen molar-refractivity contribution in [3.63, 3.8) is 0 Å². The second-order valence-corrected chi connectivity index (χ2v) is 6.65. The fraction of sp³-hybridized carbons (Fsp3) is 0.882. The van der Waals surface area contributed by atoms with E-state index in [4.69, 9.17) is 0 Å². The van der Waals surface area contributed by atoms with Gasteiger partial charge >= 0.3 is 0 Å². The summed E-state index contributed by atoms with van der Waals surface area (Å²) < 4.78 is 0. The number of carbonyl (C=O) groups excluding carboxylic acids is 2. The molecule has 0 radical (unpaired) electrons. The first kappa shape index (κ1) is 17.3. The Labute approximate surface area is 133 Å². The molecule has 2 fully saturated rings. The van der Waals surface area contributed by atoms with Gasteiger partial charge in [-0.1, -0.05) is 26.2 Å². The lowest BCUT2D eigenvalue weighted by atomic mass is 9.94. The summed E-state index contributed by atoms with van der Waals surface area (Å²) in [5.74, 6) is 0.205. The average Bonchev–Trinajstić information content (AvgIpc) is 2.79. The first-order valence-electron chi connectivity index (χ1n) is 8.88. The van der Waals surface area contributed by atoms with Gasteiger partial charge in [-0.25, -0.2) is 0 Å². The van der Waals surface area contributed by atoms with Crippen molar-refractivity contribution in [1.29, 1.82) is 0 Å². The van der Waals surface area contributed by atoms with Crippen LogP contribution in [0.1, 0.15) is 64.7 Å². The Hall–Kier alpha value is -1.10. The zero-order valence-electron chi connectivity index (χ0n) is 13.7. The summed E-state index contributed by atoms with van der Waals surface area (Å²) in [6.07, 6.45) is 8.51. The number of hydrogen-bond acceptors (Lipinski definition) is 3. The fourth-order valence-corrected chi connectivity index (χ4v) is 3.78. The third-order valence-electron chi connectivity index (χ3n) is 5.15. The van der Waals surface area contributed by atoms with E-state index in [9.17, 15) is 14.7 Å². The minimum atomic E-state index is -0.316. The van der Waals surface area contributed by atoms with Gasteiger partial charge in [0, 0.05) is 31.5 Å². The Balaban J connectivity index is 2.00. The number of aliphatic hydroxyl groups excluding tert-OH is 1. The van der Waals surface area contributed by atoms with Gasteiger partial charge in [0.15, 0.2) is 0 Å². The van der Waals surface area contributed by atoms with Crippen molar-refractivity contribution < 1.29 is 14.7 Å². The molecule has 2 N–H and O–H groups in total. The molecule has 0 spiro atoms. The van der Waals surface area contributed by atoms with Crippen LogP contribution in [0.25, 0.3) is 0 Å². The van der Waals surface area contributed by atoms with Crippen LogP contribution in [0.4, 0.5) is 0 Å². The van der Waals surface area contributed by atoms with E-state index < -0.39 is 0 Å². The maximum absolute atomic E-state index is 12.7. The molecule has 22 heavy (non-hydrogen) atoms. The van der Waals surface area contributed by atoms with E-state index in [0.717, 1.165) is 44.9 Å². The molecule has 3 atom stereocenters.